The van der Waals surface area contributed by atoms with Crippen LogP contribution in [-0.2, 0) is 0 Å². The van der Waals surface area contributed by atoms with Crippen LogP contribution in [0.1, 0.15) is 10.4 Å². The molecule has 0 aliphatic rings. The third-order valence-corrected chi connectivity index (χ3v) is 5.11. The Morgan fingerprint density at radius 3 is 2.18 bits per heavy atom. The Labute approximate surface area is 166 Å². The van der Waals surface area contributed by atoms with Crippen LogP contribution < -0.4 is 0 Å². The van der Waals surface area contributed by atoms with E-state index in [9.17, 15) is 9.18 Å². The highest BCUT2D eigenvalue weighted by molar-refractivity contribution is 7.99. The summed E-state index contributed by atoms with van der Waals surface area (Å²) in [6.45, 7) is 0. The average Bonchev–Trinajstić information content (AvgIpc) is 3.17. The number of nitrogens with zero attached hydrogens (tertiary/aromatic N) is 3. The molecular weight excluding hydrogens is 373 g/mol. The van der Waals surface area contributed by atoms with E-state index in [2.05, 4.69) is 10.2 Å². The molecule has 0 fully saturated rings. The molecular formula is C22H16FN3OS. The molecule has 0 saturated heterocycles. The molecule has 0 N–H and O–H groups in total. The minimum absolute atomic E-state index is 0.0246. The lowest BCUT2D eigenvalue weighted by Gasteiger charge is -2.10. The molecule has 138 valence electrons. The predicted octanol–water partition coefficient (Wildman–Crippen LogP) is 5.05. The SMILES string of the molecule is O=C(CSc1nnc(-c2ccc(F)cc2)n1-c1ccccc1)c1ccccc1. The molecule has 0 aliphatic carbocycles. The van der Waals surface area contributed by atoms with Crippen molar-refractivity contribution in [1.29, 1.82) is 0 Å². The van der Waals surface area contributed by atoms with E-state index in [1.807, 2.05) is 53.1 Å². The smallest absolute Gasteiger partial charge is 0.196 e. The fraction of sp³-hybridized carbons (Fsp3) is 0.0455. The molecule has 6 heteroatoms. The zero-order valence-corrected chi connectivity index (χ0v) is 15.6. The molecule has 28 heavy (non-hydrogen) atoms. The zero-order valence-electron chi connectivity index (χ0n) is 14.8. The second-order valence-electron chi connectivity index (χ2n) is 6.06. The molecule has 0 saturated carbocycles. The van der Waals surface area contributed by atoms with Gasteiger partial charge in [0.05, 0.1) is 5.75 Å². The average molecular weight is 389 g/mol. The van der Waals surface area contributed by atoms with Crippen LogP contribution in [0.5, 0.6) is 0 Å². The van der Waals surface area contributed by atoms with Gasteiger partial charge in [-0.2, -0.15) is 0 Å². The molecule has 4 rings (SSSR count). The van der Waals surface area contributed by atoms with Crippen molar-refractivity contribution in [2.45, 2.75) is 5.16 Å². The fourth-order valence-electron chi connectivity index (χ4n) is 2.80. The first-order valence-corrected chi connectivity index (χ1v) is 9.69. The summed E-state index contributed by atoms with van der Waals surface area (Å²) in [5.74, 6) is 0.563. The summed E-state index contributed by atoms with van der Waals surface area (Å²) in [6, 6.07) is 25.0. The van der Waals surface area contributed by atoms with Gasteiger partial charge in [0.1, 0.15) is 5.82 Å². The molecule has 0 atom stereocenters. The molecule has 4 nitrogen and oxygen atoms in total. The summed E-state index contributed by atoms with van der Waals surface area (Å²) in [4.78, 5) is 12.5. The van der Waals surface area contributed by atoms with Crippen molar-refractivity contribution in [3.63, 3.8) is 0 Å². The number of aromatic nitrogens is 3. The van der Waals surface area contributed by atoms with Gasteiger partial charge in [-0.25, -0.2) is 4.39 Å². The third-order valence-electron chi connectivity index (χ3n) is 4.18. The van der Waals surface area contributed by atoms with E-state index < -0.39 is 0 Å². The van der Waals surface area contributed by atoms with E-state index in [1.54, 1.807) is 24.3 Å². The van der Waals surface area contributed by atoms with Crippen molar-refractivity contribution >= 4 is 17.5 Å². The number of rotatable bonds is 6. The van der Waals surface area contributed by atoms with E-state index in [0.29, 0.717) is 16.5 Å². The number of Topliss-reactive ketones (excluding diaryl/α,β-unsaturated/α-hetero) is 1. The number of thioether (sulfide) groups is 1. The second kappa shape index (κ2) is 8.19. The van der Waals surface area contributed by atoms with Crippen LogP contribution in [0, 0.1) is 5.82 Å². The minimum Gasteiger partial charge on any atom is -0.293 e. The van der Waals surface area contributed by atoms with Crippen LogP contribution in [0.25, 0.3) is 17.1 Å². The van der Waals surface area contributed by atoms with Gasteiger partial charge in [0, 0.05) is 16.8 Å². The number of hydrogen-bond acceptors (Lipinski definition) is 4. The van der Waals surface area contributed by atoms with Crippen LogP contribution in [-0.4, -0.2) is 26.3 Å². The number of halogens is 1. The van der Waals surface area contributed by atoms with E-state index in [1.165, 1.54) is 23.9 Å². The summed E-state index contributed by atoms with van der Waals surface area (Å²) in [5.41, 5.74) is 2.29. The molecule has 1 heterocycles. The Morgan fingerprint density at radius 2 is 1.50 bits per heavy atom. The van der Waals surface area contributed by atoms with Crippen LogP contribution in [0.4, 0.5) is 4.39 Å². The van der Waals surface area contributed by atoms with Crippen molar-refractivity contribution in [2.75, 3.05) is 5.75 Å². The lowest BCUT2D eigenvalue weighted by molar-refractivity contribution is 0.102. The Morgan fingerprint density at radius 1 is 0.857 bits per heavy atom. The van der Waals surface area contributed by atoms with Crippen molar-refractivity contribution in [2.24, 2.45) is 0 Å². The Bertz CT molecular complexity index is 1080. The maximum absolute atomic E-state index is 13.3. The zero-order chi connectivity index (χ0) is 19.3. The van der Waals surface area contributed by atoms with Gasteiger partial charge in [-0.15, -0.1) is 10.2 Å². The molecule has 0 radical (unpaired) electrons. The molecule has 0 aliphatic heterocycles. The fourth-order valence-corrected chi connectivity index (χ4v) is 3.64. The largest absolute Gasteiger partial charge is 0.293 e. The first-order chi connectivity index (χ1) is 13.7. The van der Waals surface area contributed by atoms with Gasteiger partial charge in [-0.1, -0.05) is 60.3 Å². The van der Waals surface area contributed by atoms with Gasteiger partial charge in [-0.05, 0) is 36.4 Å². The minimum atomic E-state index is -0.308. The summed E-state index contributed by atoms with van der Waals surface area (Å²) in [5, 5.41) is 9.19. The van der Waals surface area contributed by atoms with Crippen LogP contribution in [0.2, 0.25) is 0 Å². The molecule has 3 aromatic carbocycles. The molecule has 0 unspecified atom stereocenters. The first kappa shape index (κ1) is 18.1. The number of benzene rings is 3. The highest BCUT2D eigenvalue weighted by Crippen LogP contribution is 2.28. The third kappa shape index (κ3) is 3.87. The van der Waals surface area contributed by atoms with Gasteiger partial charge in [0.2, 0.25) is 0 Å². The summed E-state index contributed by atoms with van der Waals surface area (Å²) < 4.78 is 15.2. The van der Waals surface area contributed by atoms with E-state index in [4.69, 9.17) is 0 Å². The van der Waals surface area contributed by atoms with Gasteiger partial charge in [0.25, 0.3) is 0 Å². The molecule has 1 aromatic heterocycles. The molecule has 0 amide bonds. The second-order valence-corrected chi connectivity index (χ2v) is 7.00. The number of para-hydroxylation sites is 1. The Balaban J connectivity index is 1.67. The lowest BCUT2D eigenvalue weighted by Crippen LogP contribution is -2.04. The topological polar surface area (TPSA) is 47.8 Å². The quantitative estimate of drug-likeness (QED) is 0.342. The van der Waals surface area contributed by atoms with Gasteiger partial charge < -0.3 is 0 Å². The molecule has 4 aromatic rings. The Kier molecular flexibility index (Phi) is 5.30. The number of carbonyl (C=O) groups is 1. The van der Waals surface area contributed by atoms with Crippen molar-refractivity contribution in [3.05, 3.63) is 96.3 Å². The van der Waals surface area contributed by atoms with E-state index in [-0.39, 0.29) is 17.4 Å². The van der Waals surface area contributed by atoms with Crippen LogP contribution in [0.15, 0.2) is 90.1 Å². The van der Waals surface area contributed by atoms with Crippen molar-refractivity contribution in [1.82, 2.24) is 14.8 Å². The molecule has 0 spiro atoms. The van der Waals surface area contributed by atoms with Gasteiger partial charge in [0.15, 0.2) is 16.8 Å². The predicted molar refractivity (Wildman–Crippen MR) is 108 cm³/mol. The monoisotopic (exact) mass is 389 g/mol. The maximum atomic E-state index is 13.3. The maximum Gasteiger partial charge on any atom is 0.196 e. The first-order valence-electron chi connectivity index (χ1n) is 8.70. The van der Waals surface area contributed by atoms with E-state index in [0.717, 1.165) is 11.3 Å². The van der Waals surface area contributed by atoms with E-state index >= 15 is 0 Å². The lowest BCUT2D eigenvalue weighted by atomic mass is 10.2. The highest BCUT2D eigenvalue weighted by atomic mass is 32.2. The normalized spacial score (nSPS) is 10.8. The Hall–Kier alpha value is -3.25. The standard InChI is InChI=1S/C22H16FN3OS/c23-18-13-11-17(12-14-18)21-24-25-22(26(21)19-9-5-2-6-10-19)28-15-20(27)16-7-3-1-4-8-16/h1-14H,15H2. The summed E-state index contributed by atoms with van der Waals surface area (Å²) in [6.07, 6.45) is 0. The van der Waals surface area contributed by atoms with Crippen LogP contribution >= 0.6 is 11.8 Å². The molecule has 0 bridgehead atoms. The number of hydrogen-bond donors (Lipinski definition) is 0. The number of carbonyl (C=O) groups excluding carboxylic acids is 1. The van der Waals surface area contributed by atoms with Crippen molar-refractivity contribution < 1.29 is 9.18 Å². The van der Waals surface area contributed by atoms with Crippen LogP contribution in [0.3, 0.4) is 0 Å². The highest BCUT2D eigenvalue weighted by Gasteiger charge is 2.17. The van der Waals surface area contributed by atoms with Gasteiger partial charge >= 0.3 is 0 Å². The summed E-state index contributed by atoms with van der Waals surface area (Å²) in [7, 11) is 0. The van der Waals surface area contributed by atoms with Crippen molar-refractivity contribution in [3.8, 4) is 17.1 Å². The van der Waals surface area contributed by atoms with Gasteiger partial charge in [-0.3, -0.25) is 9.36 Å². The summed E-state index contributed by atoms with van der Waals surface area (Å²) >= 11 is 1.33. The number of ketones is 1.